The predicted molar refractivity (Wildman–Crippen MR) is 78.1 cm³/mol. The minimum absolute atomic E-state index is 0.222. The van der Waals surface area contributed by atoms with Gasteiger partial charge in [0.05, 0.1) is 6.61 Å². The second-order valence-corrected chi connectivity index (χ2v) is 5.47. The Kier molecular flexibility index (Phi) is 6.20. The predicted octanol–water partition coefficient (Wildman–Crippen LogP) is 3.70. The van der Waals surface area contributed by atoms with Crippen LogP contribution < -0.4 is 10.5 Å². The topological polar surface area (TPSA) is 35.2 Å². The molecule has 1 aromatic rings. The molecule has 0 radical (unpaired) electrons. The molecular weight excluding hydrogens is 222 g/mol. The van der Waals surface area contributed by atoms with E-state index >= 15 is 0 Å². The van der Waals surface area contributed by atoms with Crippen LogP contribution in [0.2, 0.25) is 0 Å². The van der Waals surface area contributed by atoms with E-state index in [1.807, 2.05) is 0 Å². The molecule has 2 nitrogen and oxygen atoms in total. The van der Waals surface area contributed by atoms with Crippen LogP contribution in [0.3, 0.4) is 0 Å². The lowest BCUT2D eigenvalue weighted by atomic mass is 10.0. The van der Waals surface area contributed by atoms with Gasteiger partial charge in [0.1, 0.15) is 5.75 Å². The molecule has 0 amide bonds. The summed E-state index contributed by atoms with van der Waals surface area (Å²) < 4.78 is 5.97. The van der Waals surface area contributed by atoms with Gasteiger partial charge in [0.2, 0.25) is 0 Å². The fourth-order valence-electron chi connectivity index (χ4n) is 1.90. The molecule has 1 atom stereocenters. The third kappa shape index (κ3) is 4.69. The number of hydrogen-bond acceptors (Lipinski definition) is 2. The van der Waals surface area contributed by atoms with Crippen LogP contribution in [0.15, 0.2) is 18.2 Å². The molecule has 0 bridgehead atoms. The van der Waals surface area contributed by atoms with Crippen LogP contribution >= 0.6 is 0 Å². The molecule has 0 aliphatic heterocycles. The number of benzene rings is 1. The van der Waals surface area contributed by atoms with Crippen molar-refractivity contribution in [2.75, 3.05) is 6.61 Å². The van der Waals surface area contributed by atoms with Crippen molar-refractivity contribution in [3.63, 3.8) is 0 Å². The molecule has 0 saturated heterocycles. The van der Waals surface area contributed by atoms with E-state index in [0.29, 0.717) is 5.92 Å². The summed E-state index contributed by atoms with van der Waals surface area (Å²) in [4.78, 5) is 0. The third-order valence-corrected chi connectivity index (χ3v) is 3.24. The van der Waals surface area contributed by atoms with Crippen molar-refractivity contribution < 1.29 is 4.74 Å². The lowest BCUT2D eigenvalue weighted by Gasteiger charge is -2.17. The maximum Gasteiger partial charge on any atom is 0.125 e. The Balaban J connectivity index is 2.74. The summed E-state index contributed by atoms with van der Waals surface area (Å²) in [5, 5.41) is 0. The van der Waals surface area contributed by atoms with E-state index in [9.17, 15) is 0 Å². The van der Waals surface area contributed by atoms with Gasteiger partial charge in [-0.15, -0.1) is 0 Å². The molecule has 2 heteroatoms. The average Bonchev–Trinajstić information content (AvgIpc) is 2.32. The molecule has 1 aromatic carbocycles. The molecule has 18 heavy (non-hydrogen) atoms. The number of ether oxygens (including phenoxy) is 1. The van der Waals surface area contributed by atoms with Crippen molar-refractivity contribution in [1.82, 2.24) is 0 Å². The fraction of sp³-hybridized carbons (Fsp3) is 0.625. The maximum atomic E-state index is 6.05. The monoisotopic (exact) mass is 249 g/mol. The summed E-state index contributed by atoms with van der Waals surface area (Å²) in [7, 11) is 0. The van der Waals surface area contributed by atoms with Gasteiger partial charge in [0, 0.05) is 6.04 Å². The smallest absolute Gasteiger partial charge is 0.125 e. The summed E-state index contributed by atoms with van der Waals surface area (Å²) in [6.45, 7) is 9.45. The molecule has 0 aliphatic carbocycles. The Morgan fingerprint density at radius 3 is 2.61 bits per heavy atom. The number of hydrogen-bond donors (Lipinski definition) is 1. The van der Waals surface area contributed by atoms with Gasteiger partial charge in [-0.25, -0.2) is 0 Å². The van der Waals surface area contributed by atoms with Crippen LogP contribution in [0.4, 0.5) is 0 Å². The van der Waals surface area contributed by atoms with Gasteiger partial charge >= 0.3 is 0 Å². The van der Waals surface area contributed by atoms with Gasteiger partial charge in [-0.1, -0.05) is 39.0 Å². The van der Waals surface area contributed by atoms with Gasteiger partial charge < -0.3 is 10.5 Å². The molecule has 0 fully saturated rings. The normalized spacial score (nSPS) is 12.8. The zero-order valence-electron chi connectivity index (χ0n) is 12.2. The van der Waals surface area contributed by atoms with E-state index in [2.05, 4.69) is 45.9 Å². The van der Waals surface area contributed by atoms with E-state index in [-0.39, 0.29) is 6.04 Å². The first kappa shape index (κ1) is 15.0. The molecule has 0 spiro atoms. The van der Waals surface area contributed by atoms with E-state index in [1.54, 1.807) is 0 Å². The van der Waals surface area contributed by atoms with E-state index in [4.69, 9.17) is 10.5 Å². The lowest BCUT2D eigenvalue weighted by Crippen LogP contribution is -2.22. The van der Waals surface area contributed by atoms with Gasteiger partial charge in [-0.05, 0) is 43.2 Å². The summed E-state index contributed by atoms with van der Waals surface area (Å²) in [6.07, 6.45) is 2.99. The quantitative estimate of drug-likeness (QED) is 0.799. The van der Waals surface area contributed by atoms with Crippen molar-refractivity contribution in [1.29, 1.82) is 0 Å². The van der Waals surface area contributed by atoms with E-state index in [1.165, 1.54) is 11.1 Å². The maximum absolute atomic E-state index is 6.05. The van der Waals surface area contributed by atoms with E-state index < -0.39 is 0 Å². The van der Waals surface area contributed by atoms with Crippen molar-refractivity contribution in [2.45, 2.75) is 53.0 Å². The molecule has 2 N–H and O–H groups in total. The van der Waals surface area contributed by atoms with Crippen molar-refractivity contribution >= 4 is 0 Å². The summed E-state index contributed by atoms with van der Waals surface area (Å²) in [5.41, 5.74) is 8.50. The molecule has 102 valence electrons. The number of nitrogens with two attached hydrogens (primary N) is 1. The first-order valence-electron chi connectivity index (χ1n) is 7.01. The minimum atomic E-state index is 0.222. The Morgan fingerprint density at radius 2 is 2.00 bits per heavy atom. The zero-order chi connectivity index (χ0) is 13.5. The van der Waals surface area contributed by atoms with Crippen LogP contribution in [0.1, 0.15) is 44.7 Å². The standard InChI is InChI=1S/C16H27NO/c1-5-15(17)11-14-8-6-7-13(4)16(14)18-10-9-12(2)3/h6-8,12,15H,5,9-11,17H2,1-4H3. The Labute approximate surface area is 112 Å². The Hall–Kier alpha value is -1.02. The number of aryl methyl sites for hydroxylation is 1. The molecule has 0 aromatic heterocycles. The summed E-state index contributed by atoms with van der Waals surface area (Å²) >= 11 is 0. The number of para-hydroxylation sites is 1. The van der Waals surface area contributed by atoms with Crippen LogP contribution in [-0.2, 0) is 6.42 Å². The molecular formula is C16H27NO. The highest BCUT2D eigenvalue weighted by Gasteiger charge is 2.10. The van der Waals surface area contributed by atoms with E-state index in [0.717, 1.165) is 31.6 Å². The average molecular weight is 249 g/mol. The van der Waals surface area contributed by atoms with Gasteiger partial charge in [0.25, 0.3) is 0 Å². The highest BCUT2D eigenvalue weighted by molar-refractivity contribution is 5.41. The van der Waals surface area contributed by atoms with Crippen LogP contribution in [-0.4, -0.2) is 12.6 Å². The summed E-state index contributed by atoms with van der Waals surface area (Å²) in [6, 6.07) is 6.54. The summed E-state index contributed by atoms with van der Waals surface area (Å²) in [5.74, 6) is 1.72. The Bertz CT molecular complexity index is 360. The third-order valence-electron chi connectivity index (χ3n) is 3.24. The second-order valence-electron chi connectivity index (χ2n) is 5.47. The molecule has 0 aliphatic rings. The fourth-order valence-corrected chi connectivity index (χ4v) is 1.90. The Morgan fingerprint density at radius 1 is 1.28 bits per heavy atom. The van der Waals surface area contributed by atoms with Gasteiger partial charge in [-0.3, -0.25) is 0 Å². The van der Waals surface area contributed by atoms with Crippen molar-refractivity contribution in [2.24, 2.45) is 11.7 Å². The first-order valence-corrected chi connectivity index (χ1v) is 7.01. The minimum Gasteiger partial charge on any atom is -0.493 e. The van der Waals surface area contributed by atoms with Crippen molar-refractivity contribution in [3.8, 4) is 5.75 Å². The van der Waals surface area contributed by atoms with Crippen LogP contribution in [0, 0.1) is 12.8 Å². The van der Waals surface area contributed by atoms with Gasteiger partial charge in [0.15, 0.2) is 0 Å². The SMILES string of the molecule is CCC(N)Cc1cccc(C)c1OCCC(C)C. The zero-order valence-corrected chi connectivity index (χ0v) is 12.2. The van der Waals surface area contributed by atoms with Gasteiger partial charge in [-0.2, -0.15) is 0 Å². The molecule has 1 unspecified atom stereocenters. The molecule has 0 heterocycles. The number of rotatable bonds is 7. The highest BCUT2D eigenvalue weighted by Crippen LogP contribution is 2.25. The van der Waals surface area contributed by atoms with Crippen LogP contribution in [0.25, 0.3) is 0 Å². The lowest BCUT2D eigenvalue weighted by molar-refractivity contribution is 0.284. The second kappa shape index (κ2) is 7.42. The molecule has 0 saturated carbocycles. The first-order chi connectivity index (χ1) is 8.54. The van der Waals surface area contributed by atoms with Crippen LogP contribution in [0.5, 0.6) is 5.75 Å². The molecule has 1 rings (SSSR count). The highest BCUT2D eigenvalue weighted by atomic mass is 16.5. The van der Waals surface area contributed by atoms with Crippen molar-refractivity contribution in [3.05, 3.63) is 29.3 Å². The largest absolute Gasteiger partial charge is 0.493 e.